The molecule has 2 rings (SSSR count). The molecule has 0 bridgehead atoms. The largest absolute Gasteiger partial charge is 0.330 e. The van der Waals surface area contributed by atoms with E-state index in [0.717, 1.165) is 6.42 Å². The minimum atomic E-state index is -0.407. The fourth-order valence-electron chi connectivity index (χ4n) is 2.09. The molecule has 0 fully saturated rings. The molecule has 0 aromatic carbocycles. The van der Waals surface area contributed by atoms with Gasteiger partial charge >= 0.3 is 5.69 Å². The van der Waals surface area contributed by atoms with Gasteiger partial charge in [-0.2, -0.15) is 0 Å². The van der Waals surface area contributed by atoms with Gasteiger partial charge < -0.3 is 10.3 Å². The molecule has 2 aromatic heterocycles. The number of imidazole rings is 1. The molecule has 19 heavy (non-hydrogen) atoms. The van der Waals surface area contributed by atoms with Crippen LogP contribution in [0.4, 0.5) is 0 Å². The van der Waals surface area contributed by atoms with Gasteiger partial charge in [0.2, 0.25) is 0 Å². The molecule has 0 unspecified atom stereocenters. The van der Waals surface area contributed by atoms with Crippen LogP contribution in [0.2, 0.25) is 0 Å². The molecular weight excluding hydrogens is 246 g/mol. The molecule has 0 aliphatic heterocycles. The molecule has 0 saturated heterocycles. The quantitative estimate of drug-likeness (QED) is 0.788. The Morgan fingerprint density at radius 3 is 2.79 bits per heavy atom. The summed E-state index contributed by atoms with van der Waals surface area (Å²) in [5.41, 5.74) is 5.55. The fraction of sp³-hybridized carbons (Fsp3) is 0.583. The number of hydrogen-bond donors (Lipinski definition) is 2. The maximum Gasteiger partial charge on any atom is 0.330 e. The first kappa shape index (κ1) is 13.5. The summed E-state index contributed by atoms with van der Waals surface area (Å²) in [6, 6.07) is 0. The third kappa shape index (κ3) is 2.60. The van der Waals surface area contributed by atoms with E-state index in [0.29, 0.717) is 36.7 Å². The normalized spacial score (nSPS) is 11.6. The van der Waals surface area contributed by atoms with E-state index < -0.39 is 11.2 Å². The number of aryl methyl sites for hydroxylation is 1. The van der Waals surface area contributed by atoms with Crippen molar-refractivity contribution in [2.45, 2.75) is 33.4 Å². The van der Waals surface area contributed by atoms with Crippen LogP contribution >= 0.6 is 0 Å². The van der Waals surface area contributed by atoms with E-state index in [-0.39, 0.29) is 0 Å². The van der Waals surface area contributed by atoms with Crippen LogP contribution < -0.4 is 17.0 Å². The van der Waals surface area contributed by atoms with Crippen molar-refractivity contribution in [2.24, 2.45) is 11.7 Å². The average molecular weight is 265 g/mol. The second-order valence-electron chi connectivity index (χ2n) is 5.02. The Bertz CT molecular complexity index is 679. The van der Waals surface area contributed by atoms with Crippen molar-refractivity contribution in [2.75, 3.05) is 6.54 Å². The first-order valence-corrected chi connectivity index (χ1v) is 6.42. The zero-order valence-electron chi connectivity index (χ0n) is 11.2. The molecule has 2 aromatic rings. The molecule has 104 valence electrons. The third-order valence-electron chi connectivity index (χ3n) is 2.91. The first-order valence-electron chi connectivity index (χ1n) is 6.42. The van der Waals surface area contributed by atoms with Gasteiger partial charge in [0.25, 0.3) is 5.56 Å². The van der Waals surface area contributed by atoms with Crippen molar-refractivity contribution in [1.82, 2.24) is 19.1 Å². The maximum absolute atomic E-state index is 11.9. The Balaban J connectivity index is 2.61. The average Bonchev–Trinajstić information content (AvgIpc) is 2.75. The van der Waals surface area contributed by atoms with E-state index in [2.05, 4.69) is 9.97 Å². The lowest BCUT2D eigenvalue weighted by molar-refractivity contribution is 0.513. The summed E-state index contributed by atoms with van der Waals surface area (Å²) in [5, 5.41) is 0. The Kier molecular flexibility index (Phi) is 3.84. The lowest BCUT2D eigenvalue weighted by Crippen LogP contribution is -2.32. The van der Waals surface area contributed by atoms with Crippen molar-refractivity contribution in [3.63, 3.8) is 0 Å². The highest BCUT2D eigenvalue weighted by atomic mass is 16.2. The second kappa shape index (κ2) is 5.40. The number of nitrogens with zero attached hydrogens (tertiary/aromatic N) is 3. The van der Waals surface area contributed by atoms with Crippen molar-refractivity contribution in [3.05, 3.63) is 27.2 Å². The molecule has 0 spiro atoms. The van der Waals surface area contributed by atoms with Gasteiger partial charge in [0.1, 0.15) is 0 Å². The first-order chi connectivity index (χ1) is 9.04. The topological polar surface area (TPSA) is 98.7 Å². The van der Waals surface area contributed by atoms with Crippen LogP contribution in [0.25, 0.3) is 11.2 Å². The van der Waals surface area contributed by atoms with Crippen molar-refractivity contribution in [3.8, 4) is 0 Å². The third-order valence-corrected chi connectivity index (χ3v) is 2.91. The number of nitrogens with one attached hydrogen (secondary N) is 1. The summed E-state index contributed by atoms with van der Waals surface area (Å²) in [4.78, 5) is 30.3. The monoisotopic (exact) mass is 265 g/mol. The Hall–Kier alpha value is -1.89. The van der Waals surface area contributed by atoms with Gasteiger partial charge in [0.05, 0.1) is 6.33 Å². The van der Waals surface area contributed by atoms with Crippen molar-refractivity contribution in [1.29, 1.82) is 0 Å². The summed E-state index contributed by atoms with van der Waals surface area (Å²) in [5.74, 6) is 0.293. The van der Waals surface area contributed by atoms with E-state index in [1.54, 1.807) is 10.9 Å². The molecule has 2 heterocycles. The van der Waals surface area contributed by atoms with E-state index in [1.165, 1.54) is 4.57 Å². The standard InChI is InChI=1S/C12H19N5O2/c1-8(2)6-17-10-9(11(18)15-12(17)19)16(7-14-10)5-3-4-13/h7-8H,3-6,13H2,1-2H3,(H,15,18,19). The van der Waals surface area contributed by atoms with Crippen molar-refractivity contribution < 1.29 is 0 Å². The van der Waals surface area contributed by atoms with E-state index in [1.807, 2.05) is 13.8 Å². The van der Waals surface area contributed by atoms with Crippen LogP contribution in [-0.2, 0) is 13.1 Å². The van der Waals surface area contributed by atoms with Gasteiger partial charge in [-0.3, -0.25) is 14.3 Å². The molecule has 0 aliphatic rings. The molecular formula is C12H19N5O2. The molecule has 0 amide bonds. The van der Waals surface area contributed by atoms with Gasteiger partial charge in [0, 0.05) is 13.1 Å². The lowest BCUT2D eigenvalue weighted by Gasteiger charge is -2.09. The van der Waals surface area contributed by atoms with Crippen LogP contribution in [0, 0.1) is 5.92 Å². The number of hydrogen-bond acceptors (Lipinski definition) is 4. The number of rotatable bonds is 5. The highest BCUT2D eigenvalue weighted by Crippen LogP contribution is 2.08. The number of aromatic amines is 1. The van der Waals surface area contributed by atoms with Gasteiger partial charge in [-0.15, -0.1) is 0 Å². The van der Waals surface area contributed by atoms with Crippen LogP contribution in [0.3, 0.4) is 0 Å². The summed E-state index contributed by atoms with van der Waals surface area (Å²) in [6.07, 6.45) is 2.35. The zero-order valence-corrected chi connectivity index (χ0v) is 11.2. The molecule has 7 nitrogen and oxygen atoms in total. The van der Waals surface area contributed by atoms with Gasteiger partial charge in [-0.1, -0.05) is 13.8 Å². The van der Waals surface area contributed by atoms with E-state index in [4.69, 9.17) is 5.73 Å². The number of aromatic nitrogens is 4. The molecule has 3 N–H and O–H groups in total. The Morgan fingerprint density at radius 1 is 1.42 bits per heavy atom. The molecule has 0 atom stereocenters. The zero-order chi connectivity index (χ0) is 14.0. The number of H-pyrrole nitrogens is 1. The number of nitrogens with two attached hydrogens (primary N) is 1. The lowest BCUT2D eigenvalue weighted by atomic mass is 10.2. The molecule has 7 heteroatoms. The smallest absolute Gasteiger partial charge is 0.330 e. The van der Waals surface area contributed by atoms with Crippen LogP contribution in [0.1, 0.15) is 20.3 Å². The summed E-state index contributed by atoms with van der Waals surface area (Å²) in [7, 11) is 0. The van der Waals surface area contributed by atoms with Crippen LogP contribution in [-0.4, -0.2) is 25.6 Å². The summed E-state index contributed by atoms with van der Waals surface area (Å²) >= 11 is 0. The second-order valence-corrected chi connectivity index (χ2v) is 5.02. The minimum absolute atomic E-state index is 0.293. The Labute approximate surface area is 110 Å². The summed E-state index contributed by atoms with van der Waals surface area (Å²) < 4.78 is 3.26. The molecule has 0 radical (unpaired) electrons. The molecule has 0 saturated carbocycles. The molecule has 0 aliphatic carbocycles. The predicted octanol–water partition coefficient (Wildman–Crippen LogP) is -0.109. The fourth-order valence-corrected chi connectivity index (χ4v) is 2.09. The highest BCUT2D eigenvalue weighted by Gasteiger charge is 2.13. The van der Waals surface area contributed by atoms with E-state index in [9.17, 15) is 9.59 Å². The predicted molar refractivity (Wildman–Crippen MR) is 73.1 cm³/mol. The van der Waals surface area contributed by atoms with Crippen LogP contribution in [0.15, 0.2) is 15.9 Å². The maximum atomic E-state index is 11.9. The van der Waals surface area contributed by atoms with Crippen molar-refractivity contribution >= 4 is 11.2 Å². The Morgan fingerprint density at radius 2 is 2.16 bits per heavy atom. The number of fused-ring (bicyclic) bond motifs is 1. The van der Waals surface area contributed by atoms with Gasteiger partial charge in [-0.05, 0) is 18.9 Å². The van der Waals surface area contributed by atoms with E-state index >= 15 is 0 Å². The van der Waals surface area contributed by atoms with Crippen LogP contribution in [0.5, 0.6) is 0 Å². The highest BCUT2D eigenvalue weighted by molar-refractivity contribution is 5.69. The summed E-state index contributed by atoms with van der Waals surface area (Å²) in [6.45, 7) is 5.71. The van der Waals surface area contributed by atoms with Gasteiger partial charge in [-0.25, -0.2) is 9.78 Å². The minimum Gasteiger partial charge on any atom is -0.330 e. The SMILES string of the molecule is CC(C)Cn1c(=O)[nH]c(=O)c2c1ncn2CCCN. The van der Waals surface area contributed by atoms with Gasteiger partial charge in [0.15, 0.2) is 11.2 Å².